The largest absolute Gasteiger partial charge is 0.352 e. The minimum atomic E-state index is -0.487. The van der Waals surface area contributed by atoms with Gasteiger partial charge in [0.1, 0.15) is 18.9 Å². The van der Waals surface area contributed by atoms with Crippen LogP contribution in [-0.2, 0) is 16.1 Å². The first-order valence-corrected chi connectivity index (χ1v) is 11.2. The number of amides is 2. The number of hydrogen-bond acceptors (Lipinski definition) is 5. The molecule has 33 heavy (non-hydrogen) atoms. The van der Waals surface area contributed by atoms with Crippen LogP contribution in [-0.4, -0.2) is 44.6 Å². The number of nitrogens with one attached hydrogen (secondary N) is 1. The summed E-state index contributed by atoms with van der Waals surface area (Å²) in [5.41, 5.74) is 2.20. The van der Waals surface area contributed by atoms with E-state index in [4.69, 9.17) is 0 Å². The van der Waals surface area contributed by atoms with Crippen molar-refractivity contribution in [2.75, 3.05) is 11.4 Å². The molecule has 2 amide bonds. The SMILES string of the molecule is Cc1ccc(-c2nnn(CC(=O)N(CC(=O)NC3CCCCC3)c3cccc(F)c3)n2)cc1. The van der Waals surface area contributed by atoms with Crippen LogP contribution in [0, 0.1) is 12.7 Å². The van der Waals surface area contributed by atoms with Crippen molar-refractivity contribution >= 4 is 17.5 Å². The molecule has 1 saturated carbocycles. The number of nitrogens with zero attached hydrogens (tertiary/aromatic N) is 5. The van der Waals surface area contributed by atoms with E-state index in [1.54, 1.807) is 6.07 Å². The van der Waals surface area contributed by atoms with Gasteiger partial charge in [-0.25, -0.2) is 4.39 Å². The average molecular weight is 451 g/mol. The summed E-state index contributed by atoms with van der Waals surface area (Å²) in [7, 11) is 0. The van der Waals surface area contributed by atoms with Gasteiger partial charge in [0.2, 0.25) is 11.7 Å². The number of benzene rings is 2. The number of aryl methyl sites for hydroxylation is 1. The lowest BCUT2D eigenvalue weighted by Gasteiger charge is -2.26. The highest BCUT2D eigenvalue weighted by molar-refractivity contribution is 5.98. The fourth-order valence-corrected chi connectivity index (χ4v) is 3.97. The Morgan fingerprint density at radius 2 is 1.88 bits per heavy atom. The Hall–Kier alpha value is -3.62. The van der Waals surface area contributed by atoms with Crippen molar-refractivity contribution in [3.8, 4) is 11.4 Å². The smallest absolute Gasteiger partial charge is 0.251 e. The molecule has 1 aromatic heterocycles. The number of hydrogen-bond donors (Lipinski definition) is 1. The number of carbonyl (C=O) groups excluding carboxylic acids is 2. The second-order valence-corrected chi connectivity index (χ2v) is 8.37. The average Bonchev–Trinajstić information content (AvgIpc) is 3.27. The van der Waals surface area contributed by atoms with E-state index in [0.29, 0.717) is 11.5 Å². The van der Waals surface area contributed by atoms with E-state index in [1.165, 1.54) is 34.3 Å². The van der Waals surface area contributed by atoms with Crippen LogP contribution >= 0.6 is 0 Å². The van der Waals surface area contributed by atoms with Gasteiger partial charge in [0.05, 0.1) is 0 Å². The molecule has 0 atom stereocenters. The van der Waals surface area contributed by atoms with Crippen LogP contribution in [0.5, 0.6) is 0 Å². The highest BCUT2D eigenvalue weighted by Gasteiger charge is 2.23. The standard InChI is InChI=1S/C24H27FN6O2/c1-17-10-12-18(13-11-17)24-27-29-31(28-24)16-23(33)30(21-9-5-6-19(25)14-21)15-22(32)26-20-7-3-2-4-8-20/h5-6,9-14,20H,2-4,7-8,15-16H2,1H3,(H,26,32). The molecule has 2 aromatic carbocycles. The minimum absolute atomic E-state index is 0.116. The predicted octanol–water partition coefficient (Wildman–Crippen LogP) is 3.27. The molecule has 0 spiro atoms. The molecule has 1 fully saturated rings. The molecular formula is C24H27FN6O2. The normalized spacial score (nSPS) is 14.1. The monoisotopic (exact) mass is 450 g/mol. The van der Waals surface area contributed by atoms with Crippen LogP contribution in [0.25, 0.3) is 11.4 Å². The van der Waals surface area contributed by atoms with Crippen LogP contribution in [0.3, 0.4) is 0 Å². The minimum Gasteiger partial charge on any atom is -0.352 e. The Balaban J connectivity index is 1.48. The van der Waals surface area contributed by atoms with Gasteiger partial charge in [0.15, 0.2) is 0 Å². The number of halogens is 1. The lowest BCUT2D eigenvalue weighted by molar-refractivity contribution is -0.124. The van der Waals surface area contributed by atoms with Gasteiger partial charge in [-0.05, 0) is 43.2 Å². The maximum absolute atomic E-state index is 13.9. The summed E-state index contributed by atoms with van der Waals surface area (Å²) in [4.78, 5) is 28.3. The van der Waals surface area contributed by atoms with Crippen molar-refractivity contribution in [2.45, 2.75) is 51.6 Å². The van der Waals surface area contributed by atoms with E-state index in [-0.39, 0.29) is 25.0 Å². The molecule has 9 heteroatoms. The van der Waals surface area contributed by atoms with Gasteiger partial charge in [-0.2, -0.15) is 4.80 Å². The van der Waals surface area contributed by atoms with E-state index < -0.39 is 11.7 Å². The van der Waals surface area contributed by atoms with E-state index >= 15 is 0 Å². The van der Waals surface area contributed by atoms with Gasteiger partial charge >= 0.3 is 0 Å². The van der Waals surface area contributed by atoms with Gasteiger partial charge in [0.25, 0.3) is 5.91 Å². The molecule has 0 bridgehead atoms. The highest BCUT2D eigenvalue weighted by atomic mass is 19.1. The van der Waals surface area contributed by atoms with Crippen molar-refractivity contribution in [1.29, 1.82) is 0 Å². The highest BCUT2D eigenvalue weighted by Crippen LogP contribution is 2.19. The summed E-state index contributed by atoms with van der Waals surface area (Å²) in [6.45, 7) is 1.54. The maximum Gasteiger partial charge on any atom is 0.251 e. The van der Waals surface area contributed by atoms with Crippen LogP contribution in [0.15, 0.2) is 48.5 Å². The van der Waals surface area contributed by atoms with Crippen molar-refractivity contribution < 1.29 is 14.0 Å². The van der Waals surface area contributed by atoms with Crippen LogP contribution < -0.4 is 10.2 Å². The quantitative estimate of drug-likeness (QED) is 0.596. The van der Waals surface area contributed by atoms with E-state index in [9.17, 15) is 14.0 Å². The number of anilines is 1. The fourth-order valence-electron chi connectivity index (χ4n) is 3.97. The molecule has 1 heterocycles. The third-order valence-corrected chi connectivity index (χ3v) is 5.73. The third kappa shape index (κ3) is 6.00. The molecule has 4 rings (SSSR count). The second-order valence-electron chi connectivity index (χ2n) is 8.37. The van der Waals surface area contributed by atoms with Gasteiger partial charge < -0.3 is 10.2 Å². The first-order chi connectivity index (χ1) is 16.0. The Labute approximate surface area is 191 Å². The van der Waals surface area contributed by atoms with Gasteiger partial charge in [-0.15, -0.1) is 10.2 Å². The van der Waals surface area contributed by atoms with Crippen LogP contribution in [0.1, 0.15) is 37.7 Å². The van der Waals surface area contributed by atoms with Crippen LogP contribution in [0.4, 0.5) is 10.1 Å². The second kappa shape index (κ2) is 10.3. The number of carbonyl (C=O) groups is 2. The topological polar surface area (TPSA) is 93.0 Å². The Kier molecular flexibility index (Phi) is 7.07. The molecule has 0 radical (unpaired) electrons. The molecule has 0 unspecified atom stereocenters. The number of aromatic nitrogens is 4. The van der Waals surface area contributed by atoms with E-state index in [2.05, 4.69) is 20.7 Å². The van der Waals surface area contributed by atoms with Gasteiger partial charge in [-0.1, -0.05) is 55.2 Å². The molecule has 1 N–H and O–H groups in total. The summed E-state index contributed by atoms with van der Waals surface area (Å²) in [6, 6.07) is 13.4. The Bertz CT molecular complexity index is 1110. The fraction of sp³-hybridized carbons (Fsp3) is 0.375. The third-order valence-electron chi connectivity index (χ3n) is 5.73. The van der Waals surface area contributed by atoms with E-state index in [1.807, 2.05) is 31.2 Å². The molecule has 3 aromatic rings. The van der Waals surface area contributed by atoms with Gasteiger partial charge in [-0.3, -0.25) is 9.59 Å². The molecular weight excluding hydrogens is 423 g/mol. The zero-order valence-electron chi connectivity index (χ0n) is 18.6. The first-order valence-electron chi connectivity index (χ1n) is 11.2. The lowest BCUT2D eigenvalue weighted by atomic mass is 9.95. The number of tetrazole rings is 1. The van der Waals surface area contributed by atoms with Crippen molar-refractivity contribution in [2.24, 2.45) is 0 Å². The zero-order valence-corrected chi connectivity index (χ0v) is 18.6. The number of rotatable bonds is 7. The molecule has 8 nitrogen and oxygen atoms in total. The summed E-state index contributed by atoms with van der Waals surface area (Å²) in [5, 5.41) is 15.3. The van der Waals surface area contributed by atoms with Crippen LogP contribution in [0.2, 0.25) is 0 Å². The summed E-state index contributed by atoms with van der Waals surface area (Å²) >= 11 is 0. The molecule has 1 aliphatic carbocycles. The first kappa shape index (κ1) is 22.6. The Morgan fingerprint density at radius 3 is 2.61 bits per heavy atom. The summed E-state index contributed by atoms with van der Waals surface area (Å²) < 4.78 is 13.9. The maximum atomic E-state index is 13.9. The van der Waals surface area contributed by atoms with Crippen molar-refractivity contribution in [1.82, 2.24) is 25.5 Å². The summed E-state index contributed by atoms with van der Waals surface area (Å²) in [6.07, 6.45) is 5.21. The van der Waals surface area contributed by atoms with Crippen molar-refractivity contribution in [3.05, 3.63) is 59.9 Å². The predicted molar refractivity (Wildman–Crippen MR) is 122 cm³/mol. The zero-order chi connectivity index (χ0) is 23.2. The van der Waals surface area contributed by atoms with Gasteiger partial charge in [0, 0.05) is 17.3 Å². The summed E-state index contributed by atoms with van der Waals surface area (Å²) in [5.74, 6) is -0.799. The van der Waals surface area contributed by atoms with Crippen molar-refractivity contribution in [3.63, 3.8) is 0 Å². The lowest BCUT2D eigenvalue weighted by Crippen LogP contribution is -2.46. The molecule has 0 aliphatic heterocycles. The molecule has 0 saturated heterocycles. The molecule has 1 aliphatic rings. The molecule has 172 valence electrons. The van der Waals surface area contributed by atoms with E-state index in [0.717, 1.165) is 36.8 Å². The Morgan fingerprint density at radius 1 is 1.12 bits per heavy atom.